The van der Waals surface area contributed by atoms with Crippen LogP contribution in [-0.4, -0.2) is 16.1 Å². The second-order valence-electron chi connectivity index (χ2n) is 3.92. The minimum Gasteiger partial charge on any atom is -0.478 e. The van der Waals surface area contributed by atoms with Gasteiger partial charge in [-0.2, -0.15) is 0 Å². The van der Waals surface area contributed by atoms with Crippen LogP contribution in [0.1, 0.15) is 22.8 Å². The Morgan fingerprint density at radius 2 is 2.17 bits per heavy atom. The number of pyridine rings is 1. The molecular formula is C14H12FNO2. The lowest BCUT2D eigenvalue weighted by molar-refractivity contribution is 0.0696. The first kappa shape index (κ1) is 12.2. The van der Waals surface area contributed by atoms with Crippen LogP contribution >= 0.6 is 0 Å². The van der Waals surface area contributed by atoms with Gasteiger partial charge in [0.1, 0.15) is 5.82 Å². The molecule has 0 spiro atoms. The molecule has 18 heavy (non-hydrogen) atoms. The zero-order chi connectivity index (χ0) is 13.1. The van der Waals surface area contributed by atoms with Crippen molar-refractivity contribution in [2.24, 2.45) is 0 Å². The summed E-state index contributed by atoms with van der Waals surface area (Å²) < 4.78 is 13.4. The van der Waals surface area contributed by atoms with E-state index >= 15 is 0 Å². The number of carboxylic acid groups (broad SMARTS) is 1. The molecule has 92 valence electrons. The van der Waals surface area contributed by atoms with E-state index < -0.39 is 11.8 Å². The van der Waals surface area contributed by atoms with Gasteiger partial charge in [-0.1, -0.05) is 6.92 Å². The largest absolute Gasteiger partial charge is 0.478 e. The Morgan fingerprint density at radius 1 is 1.39 bits per heavy atom. The smallest absolute Gasteiger partial charge is 0.335 e. The van der Waals surface area contributed by atoms with E-state index in [9.17, 15) is 9.18 Å². The van der Waals surface area contributed by atoms with Crippen molar-refractivity contribution in [3.05, 3.63) is 53.6 Å². The number of aromatic carboxylic acids is 1. The van der Waals surface area contributed by atoms with Gasteiger partial charge in [-0.15, -0.1) is 0 Å². The van der Waals surface area contributed by atoms with Crippen molar-refractivity contribution in [3.63, 3.8) is 0 Å². The Morgan fingerprint density at radius 3 is 2.83 bits per heavy atom. The topological polar surface area (TPSA) is 50.2 Å². The van der Waals surface area contributed by atoms with E-state index in [1.54, 1.807) is 12.4 Å². The van der Waals surface area contributed by atoms with Gasteiger partial charge >= 0.3 is 5.97 Å². The van der Waals surface area contributed by atoms with Crippen molar-refractivity contribution in [1.82, 2.24) is 4.98 Å². The molecule has 0 aliphatic rings. The van der Waals surface area contributed by atoms with Crippen LogP contribution in [0, 0.1) is 5.82 Å². The van der Waals surface area contributed by atoms with E-state index in [-0.39, 0.29) is 5.56 Å². The van der Waals surface area contributed by atoms with Gasteiger partial charge in [-0.25, -0.2) is 9.18 Å². The monoisotopic (exact) mass is 245 g/mol. The fourth-order valence-electron chi connectivity index (χ4n) is 1.86. The van der Waals surface area contributed by atoms with Crippen LogP contribution in [0.4, 0.5) is 4.39 Å². The number of hydrogen-bond acceptors (Lipinski definition) is 2. The molecule has 0 radical (unpaired) electrons. The first-order chi connectivity index (χ1) is 8.61. The van der Waals surface area contributed by atoms with Crippen LogP contribution in [0.3, 0.4) is 0 Å². The molecule has 0 atom stereocenters. The first-order valence-electron chi connectivity index (χ1n) is 5.59. The molecular weight excluding hydrogens is 233 g/mol. The van der Waals surface area contributed by atoms with Crippen LogP contribution in [0.2, 0.25) is 0 Å². The van der Waals surface area contributed by atoms with Gasteiger partial charge in [0.2, 0.25) is 0 Å². The van der Waals surface area contributed by atoms with Gasteiger partial charge in [0.15, 0.2) is 0 Å². The molecule has 1 aromatic carbocycles. The van der Waals surface area contributed by atoms with E-state index in [1.165, 1.54) is 12.1 Å². The number of carboxylic acids is 1. The predicted octanol–water partition coefficient (Wildman–Crippen LogP) is 3.15. The molecule has 2 aromatic rings. The van der Waals surface area contributed by atoms with Crippen LogP contribution in [0.15, 0.2) is 36.7 Å². The second kappa shape index (κ2) is 4.96. The third kappa shape index (κ3) is 2.37. The van der Waals surface area contributed by atoms with Gasteiger partial charge in [-0.3, -0.25) is 4.98 Å². The summed E-state index contributed by atoms with van der Waals surface area (Å²) in [5, 5.41) is 8.92. The fourth-order valence-corrected chi connectivity index (χ4v) is 1.86. The number of rotatable bonds is 3. The van der Waals surface area contributed by atoms with Crippen LogP contribution in [0.25, 0.3) is 11.1 Å². The summed E-state index contributed by atoms with van der Waals surface area (Å²) in [7, 11) is 0. The van der Waals surface area contributed by atoms with Gasteiger partial charge < -0.3 is 5.11 Å². The van der Waals surface area contributed by atoms with Gasteiger partial charge in [0, 0.05) is 18.0 Å². The Hall–Kier alpha value is -2.23. The third-order valence-corrected chi connectivity index (χ3v) is 2.75. The predicted molar refractivity (Wildman–Crippen MR) is 66.0 cm³/mol. The zero-order valence-electron chi connectivity index (χ0n) is 9.85. The lowest BCUT2D eigenvalue weighted by Crippen LogP contribution is -1.98. The Balaban J connectivity index is 2.60. The number of halogens is 1. The Labute approximate surface area is 104 Å². The maximum atomic E-state index is 13.4. The number of nitrogens with zero attached hydrogens (tertiary/aromatic N) is 1. The maximum absolute atomic E-state index is 13.4. The van der Waals surface area contributed by atoms with Crippen LogP contribution in [-0.2, 0) is 6.42 Å². The molecule has 1 N–H and O–H groups in total. The second-order valence-corrected chi connectivity index (χ2v) is 3.92. The lowest BCUT2D eigenvalue weighted by Gasteiger charge is -2.08. The van der Waals surface area contributed by atoms with Crippen molar-refractivity contribution in [1.29, 1.82) is 0 Å². The summed E-state index contributed by atoms with van der Waals surface area (Å²) in [6.07, 6.45) is 4.07. The highest BCUT2D eigenvalue weighted by Crippen LogP contribution is 2.25. The minimum atomic E-state index is -1.14. The number of benzene rings is 1. The molecule has 0 amide bonds. The summed E-state index contributed by atoms with van der Waals surface area (Å²) in [4.78, 5) is 14.9. The first-order valence-corrected chi connectivity index (χ1v) is 5.59. The van der Waals surface area contributed by atoms with Crippen molar-refractivity contribution in [3.8, 4) is 11.1 Å². The highest BCUT2D eigenvalue weighted by molar-refractivity contribution is 5.89. The summed E-state index contributed by atoms with van der Waals surface area (Å²) in [6, 6.07) is 5.64. The molecule has 0 aliphatic carbocycles. The van der Waals surface area contributed by atoms with E-state index in [0.717, 1.165) is 23.6 Å². The minimum absolute atomic E-state index is 0.0593. The van der Waals surface area contributed by atoms with Gasteiger partial charge in [-0.05, 0) is 41.8 Å². The molecule has 0 unspecified atom stereocenters. The fraction of sp³-hybridized carbons (Fsp3) is 0.143. The van der Waals surface area contributed by atoms with Crippen molar-refractivity contribution in [2.45, 2.75) is 13.3 Å². The summed E-state index contributed by atoms with van der Waals surface area (Å²) in [6.45, 7) is 1.98. The molecule has 4 heteroatoms. The van der Waals surface area contributed by atoms with E-state index in [1.807, 2.05) is 13.0 Å². The lowest BCUT2D eigenvalue weighted by atomic mass is 9.98. The number of aromatic nitrogens is 1. The van der Waals surface area contributed by atoms with Crippen molar-refractivity contribution < 1.29 is 14.3 Å². The maximum Gasteiger partial charge on any atom is 0.335 e. The van der Waals surface area contributed by atoms with Gasteiger partial charge in [0.05, 0.1) is 5.56 Å². The molecule has 0 bridgehead atoms. The van der Waals surface area contributed by atoms with Crippen LogP contribution < -0.4 is 0 Å². The van der Waals surface area contributed by atoms with Crippen molar-refractivity contribution >= 4 is 5.97 Å². The molecule has 2 rings (SSSR count). The Kier molecular flexibility index (Phi) is 3.37. The molecule has 0 saturated carbocycles. The normalized spacial score (nSPS) is 10.3. The van der Waals surface area contributed by atoms with E-state index in [0.29, 0.717) is 5.56 Å². The van der Waals surface area contributed by atoms with Gasteiger partial charge in [0.25, 0.3) is 0 Å². The standard InChI is InChI=1S/C14H12FNO2/c1-2-9-3-4-16-8-13(9)10-5-11(14(17)18)7-12(15)6-10/h3-8H,2H2,1H3,(H,17,18). The summed E-state index contributed by atoms with van der Waals surface area (Å²) >= 11 is 0. The average molecular weight is 245 g/mol. The molecule has 1 aromatic heterocycles. The summed E-state index contributed by atoms with van der Waals surface area (Å²) in [5.41, 5.74) is 2.25. The number of carbonyl (C=O) groups is 1. The van der Waals surface area contributed by atoms with E-state index in [2.05, 4.69) is 4.98 Å². The molecule has 0 saturated heterocycles. The number of hydrogen-bond donors (Lipinski definition) is 1. The molecule has 1 heterocycles. The average Bonchev–Trinajstić information content (AvgIpc) is 2.38. The number of aryl methyl sites for hydroxylation is 1. The SMILES string of the molecule is CCc1ccncc1-c1cc(F)cc(C(=O)O)c1. The van der Waals surface area contributed by atoms with Crippen LogP contribution in [0.5, 0.6) is 0 Å². The highest BCUT2D eigenvalue weighted by Gasteiger charge is 2.10. The Bertz CT molecular complexity index is 596. The molecule has 0 aliphatic heterocycles. The molecule has 3 nitrogen and oxygen atoms in total. The third-order valence-electron chi connectivity index (χ3n) is 2.75. The quantitative estimate of drug-likeness (QED) is 0.903. The highest BCUT2D eigenvalue weighted by atomic mass is 19.1. The van der Waals surface area contributed by atoms with E-state index in [4.69, 9.17) is 5.11 Å². The van der Waals surface area contributed by atoms with Crippen molar-refractivity contribution in [2.75, 3.05) is 0 Å². The molecule has 0 fully saturated rings. The summed E-state index contributed by atoms with van der Waals surface area (Å²) in [5.74, 6) is -1.70. The zero-order valence-corrected chi connectivity index (χ0v) is 9.85.